The summed E-state index contributed by atoms with van der Waals surface area (Å²) >= 11 is 6.09. The normalized spacial score (nSPS) is 11.0. The molecule has 3 aromatic carbocycles. The van der Waals surface area contributed by atoms with Crippen LogP contribution in [0.3, 0.4) is 0 Å². The van der Waals surface area contributed by atoms with Crippen molar-refractivity contribution < 1.29 is 17.9 Å². The summed E-state index contributed by atoms with van der Waals surface area (Å²) in [5.41, 5.74) is 1.29. The zero-order valence-electron chi connectivity index (χ0n) is 16.5. The fourth-order valence-corrected chi connectivity index (χ4v) is 4.03. The highest BCUT2D eigenvalue weighted by Gasteiger charge is 2.16. The topological polar surface area (TPSA) is 75.7 Å². The first-order valence-electron chi connectivity index (χ1n) is 9.19. The number of carbonyl (C=O) groups is 1. The highest BCUT2D eigenvalue weighted by Crippen LogP contribution is 2.32. The number of hydrogen-bond donors (Lipinski definition) is 1. The van der Waals surface area contributed by atoms with Crippen molar-refractivity contribution in [2.45, 2.75) is 6.92 Å². The zero-order chi connectivity index (χ0) is 21.7. The van der Waals surface area contributed by atoms with Crippen molar-refractivity contribution in [3.8, 4) is 11.5 Å². The van der Waals surface area contributed by atoms with Gasteiger partial charge in [-0.2, -0.15) is 0 Å². The van der Waals surface area contributed by atoms with E-state index in [0.29, 0.717) is 40.0 Å². The molecule has 0 radical (unpaired) electrons. The number of nitrogens with one attached hydrogen (secondary N) is 1. The van der Waals surface area contributed by atoms with E-state index in [1.165, 1.54) is 4.31 Å². The summed E-state index contributed by atoms with van der Waals surface area (Å²) in [6, 6.07) is 20.5. The standard InChI is InChI=1S/C22H21ClN2O4S/c1-3-25(30(2,27)28)18-12-9-16(10-13-18)22(26)24-20-15-17(23)11-14-21(20)29-19-7-5-4-6-8-19/h4-15H,3H2,1-2H3,(H,24,26). The number of ether oxygens (including phenoxy) is 1. The second-order valence-corrected chi connectivity index (χ2v) is 8.83. The van der Waals surface area contributed by atoms with Crippen molar-refractivity contribution in [1.29, 1.82) is 0 Å². The molecule has 0 aliphatic rings. The Morgan fingerprint density at radius 2 is 1.70 bits per heavy atom. The fourth-order valence-electron chi connectivity index (χ4n) is 2.89. The van der Waals surface area contributed by atoms with Crippen molar-refractivity contribution in [3.63, 3.8) is 0 Å². The van der Waals surface area contributed by atoms with E-state index in [1.54, 1.807) is 61.5 Å². The third kappa shape index (κ3) is 5.31. The number of hydrogen-bond acceptors (Lipinski definition) is 4. The van der Waals surface area contributed by atoms with E-state index >= 15 is 0 Å². The zero-order valence-corrected chi connectivity index (χ0v) is 18.1. The molecule has 156 valence electrons. The van der Waals surface area contributed by atoms with Gasteiger partial charge in [0.15, 0.2) is 5.75 Å². The third-order valence-electron chi connectivity index (χ3n) is 4.27. The molecule has 0 unspecified atom stereocenters. The van der Waals surface area contributed by atoms with Gasteiger partial charge in [-0.3, -0.25) is 9.10 Å². The van der Waals surface area contributed by atoms with Gasteiger partial charge in [-0.1, -0.05) is 29.8 Å². The van der Waals surface area contributed by atoms with Crippen LogP contribution in [-0.2, 0) is 10.0 Å². The van der Waals surface area contributed by atoms with Gasteiger partial charge < -0.3 is 10.1 Å². The molecule has 0 atom stereocenters. The predicted octanol–water partition coefficient (Wildman–Crippen LogP) is 5.17. The van der Waals surface area contributed by atoms with Gasteiger partial charge in [-0.05, 0) is 61.5 Å². The molecule has 0 aromatic heterocycles. The van der Waals surface area contributed by atoms with Gasteiger partial charge in [0.05, 0.1) is 17.6 Å². The van der Waals surface area contributed by atoms with Crippen molar-refractivity contribution in [3.05, 3.63) is 83.4 Å². The van der Waals surface area contributed by atoms with E-state index in [-0.39, 0.29) is 5.91 Å². The lowest BCUT2D eigenvalue weighted by atomic mass is 10.2. The second kappa shape index (κ2) is 9.19. The third-order valence-corrected chi connectivity index (χ3v) is 5.77. The number of halogens is 1. The lowest BCUT2D eigenvalue weighted by Gasteiger charge is -2.20. The molecule has 0 saturated heterocycles. The molecule has 0 aliphatic heterocycles. The van der Waals surface area contributed by atoms with Crippen molar-refractivity contribution in [1.82, 2.24) is 0 Å². The molecule has 1 amide bonds. The van der Waals surface area contributed by atoms with Gasteiger partial charge in [-0.15, -0.1) is 0 Å². The Hall–Kier alpha value is -3.03. The highest BCUT2D eigenvalue weighted by atomic mass is 35.5. The molecule has 6 nitrogen and oxygen atoms in total. The van der Waals surface area contributed by atoms with Gasteiger partial charge in [0.25, 0.3) is 5.91 Å². The Labute approximate surface area is 181 Å². The predicted molar refractivity (Wildman–Crippen MR) is 120 cm³/mol. The maximum atomic E-state index is 12.7. The first kappa shape index (κ1) is 21.7. The first-order valence-corrected chi connectivity index (χ1v) is 11.4. The lowest BCUT2D eigenvalue weighted by Crippen LogP contribution is -2.29. The molecule has 0 spiro atoms. The number of nitrogens with zero attached hydrogens (tertiary/aromatic N) is 1. The van der Waals surface area contributed by atoms with Crippen molar-refractivity contribution in [2.75, 3.05) is 22.4 Å². The van der Waals surface area contributed by atoms with E-state index in [2.05, 4.69) is 5.32 Å². The van der Waals surface area contributed by atoms with Gasteiger partial charge in [0.1, 0.15) is 5.75 Å². The minimum Gasteiger partial charge on any atom is -0.455 e. The molecular weight excluding hydrogens is 424 g/mol. The Morgan fingerprint density at radius 1 is 1.03 bits per heavy atom. The molecule has 1 N–H and O–H groups in total. The number of sulfonamides is 1. The molecule has 0 fully saturated rings. The number of rotatable bonds is 7. The van der Waals surface area contributed by atoms with Crippen LogP contribution in [-0.4, -0.2) is 27.1 Å². The Morgan fingerprint density at radius 3 is 2.30 bits per heavy atom. The van der Waals surface area contributed by atoms with E-state index in [1.807, 2.05) is 18.2 Å². The molecule has 3 aromatic rings. The largest absolute Gasteiger partial charge is 0.455 e. The van der Waals surface area contributed by atoms with E-state index < -0.39 is 10.0 Å². The minimum absolute atomic E-state index is 0.299. The molecule has 0 aliphatic carbocycles. The van der Waals surface area contributed by atoms with Crippen LogP contribution in [0.15, 0.2) is 72.8 Å². The van der Waals surface area contributed by atoms with Crippen LogP contribution in [0.2, 0.25) is 5.02 Å². The van der Waals surface area contributed by atoms with Crippen LogP contribution in [0, 0.1) is 0 Å². The van der Waals surface area contributed by atoms with E-state index in [4.69, 9.17) is 16.3 Å². The van der Waals surface area contributed by atoms with E-state index in [9.17, 15) is 13.2 Å². The lowest BCUT2D eigenvalue weighted by molar-refractivity contribution is 0.102. The van der Waals surface area contributed by atoms with Crippen LogP contribution >= 0.6 is 11.6 Å². The summed E-state index contributed by atoms with van der Waals surface area (Å²) in [5.74, 6) is 0.703. The summed E-state index contributed by atoms with van der Waals surface area (Å²) in [6.45, 7) is 2.04. The van der Waals surface area contributed by atoms with Gasteiger partial charge in [0.2, 0.25) is 10.0 Å². The molecular formula is C22H21ClN2O4S. The summed E-state index contributed by atoms with van der Waals surface area (Å²) < 4.78 is 30.8. The minimum atomic E-state index is -3.39. The van der Waals surface area contributed by atoms with Crippen LogP contribution in [0.4, 0.5) is 11.4 Å². The van der Waals surface area contributed by atoms with E-state index in [0.717, 1.165) is 6.26 Å². The van der Waals surface area contributed by atoms with Crippen LogP contribution < -0.4 is 14.4 Å². The number of benzene rings is 3. The molecule has 8 heteroatoms. The average molecular weight is 445 g/mol. The molecule has 0 saturated carbocycles. The molecule has 30 heavy (non-hydrogen) atoms. The number of para-hydroxylation sites is 1. The number of anilines is 2. The highest BCUT2D eigenvalue weighted by molar-refractivity contribution is 7.92. The second-order valence-electron chi connectivity index (χ2n) is 6.48. The van der Waals surface area contributed by atoms with Crippen LogP contribution in [0.5, 0.6) is 11.5 Å². The van der Waals surface area contributed by atoms with Crippen LogP contribution in [0.1, 0.15) is 17.3 Å². The van der Waals surface area contributed by atoms with Crippen LogP contribution in [0.25, 0.3) is 0 Å². The fraction of sp³-hybridized carbons (Fsp3) is 0.136. The Balaban J connectivity index is 1.81. The quantitative estimate of drug-likeness (QED) is 0.545. The molecule has 0 heterocycles. The van der Waals surface area contributed by atoms with Crippen molar-refractivity contribution >= 4 is 38.9 Å². The summed E-state index contributed by atoms with van der Waals surface area (Å²) in [6.07, 6.45) is 1.14. The summed E-state index contributed by atoms with van der Waals surface area (Å²) in [7, 11) is -3.39. The van der Waals surface area contributed by atoms with Crippen molar-refractivity contribution in [2.24, 2.45) is 0 Å². The van der Waals surface area contributed by atoms with Gasteiger partial charge in [0, 0.05) is 17.1 Å². The maximum absolute atomic E-state index is 12.7. The number of carbonyl (C=O) groups excluding carboxylic acids is 1. The average Bonchev–Trinajstić information content (AvgIpc) is 2.71. The molecule has 0 bridgehead atoms. The Bertz CT molecular complexity index is 1130. The van der Waals surface area contributed by atoms with Gasteiger partial charge in [-0.25, -0.2) is 8.42 Å². The Kier molecular flexibility index (Phi) is 6.64. The summed E-state index contributed by atoms with van der Waals surface area (Å²) in [4.78, 5) is 12.7. The smallest absolute Gasteiger partial charge is 0.255 e. The monoisotopic (exact) mass is 444 g/mol. The maximum Gasteiger partial charge on any atom is 0.255 e. The first-order chi connectivity index (χ1) is 14.3. The SMILES string of the molecule is CCN(c1ccc(C(=O)Nc2cc(Cl)ccc2Oc2ccccc2)cc1)S(C)(=O)=O. The number of amides is 1. The van der Waals surface area contributed by atoms with Gasteiger partial charge >= 0.3 is 0 Å². The molecule has 3 rings (SSSR count). The summed E-state index contributed by atoms with van der Waals surface area (Å²) in [5, 5.41) is 3.25.